The lowest BCUT2D eigenvalue weighted by molar-refractivity contribution is -0.126. The Bertz CT molecular complexity index is 436. The molecule has 2 amide bonds. The van der Waals surface area contributed by atoms with Crippen LogP contribution in [0.5, 0.6) is 5.75 Å². The molecule has 4 N–H and O–H groups in total. The van der Waals surface area contributed by atoms with E-state index < -0.39 is 12.0 Å². The lowest BCUT2D eigenvalue weighted by Crippen LogP contribution is -2.40. The Kier molecular flexibility index (Phi) is 6.17. The smallest absolute Gasteiger partial charge is 0.248 e. The van der Waals surface area contributed by atoms with Crippen LogP contribution in [-0.2, 0) is 9.59 Å². The average molecular weight is 284 g/mol. The molecule has 1 unspecified atom stereocenters. The monoisotopic (exact) mass is 284 g/mol. The van der Waals surface area contributed by atoms with Crippen molar-refractivity contribution >= 4 is 23.6 Å². The third-order valence-corrected chi connectivity index (χ3v) is 3.26. The number of aliphatic hydroxyl groups excluding tert-OH is 1. The van der Waals surface area contributed by atoms with E-state index in [4.69, 9.17) is 15.6 Å². The van der Waals surface area contributed by atoms with Crippen LogP contribution in [0.1, 0.15) is 0 Å². The summed E-state index contributed by atoms with van der Waals surface area (Å²) in [6, 6.07) is 7.29. The van der Waals surface area contributed by atoms with Crippen LogP contribution in [0.25, 0.3) is 0 Å². The molecule has 0 spiro atoms. The number of nitrogens with one attached hydrogen (secondary N) is 1. The number of hydrogen-bond acceptors (Lipinski definition) is 5. The Balaban J connectivity index is 2.31. The fourth-order valence-corrected chi connectivity index (χ4v) is 1.91. The van der Waals surface area contributed by atoms with Crippen molar-refractivity contribution < 1.29 is 19.4 Å². The number of nitrogens with two attached hydrogens (primary N) is 1. The van der Waals surface area contributed by atoms with Crippen molar-refractivity contribution in [2.24, 2.45) is 5.73 Å². The second kappa shape index (κ2) is 7.65. The molecule has 0 aliphatic rings. The highest BCUT2D eigenvalue weighted by Crippen LogP contribution is 2.20. The van der Waals surface area contributed by atoms with Crippen molar-refractivity contribution in [2.45, 2.75) is 11.0 Å². The number of methoxy groups -OCH3 is 1. The van der Waals surface area contributed by atoms with Gasteiger partial charge >= 0.3 is 0 Å². The number of aliphatic hydroxyl groups is 1. The van der Waals surface area contributed by atoms with Crippen molar-refractivity contribution in [3.63, 3.8) is 0 Å². The van der Waals surface area contributed by atoms with Gasteiger partial charge in [-0.3, -0.25) is 9.59 Å². The lowest BCUT2D eigenvalue weighted by Gasteiger charge is -2.08. The maximum absolute atomic E-state index is 11.4. The van der Waals surface area contributed by atoms with Crippen LogP contribution < -0.4 is 15.8 Å². The molecule has 7 heteroatoms. The number of benzene rings is 1. The Morgan fingerprint density at radius 1 is 1.42 bits per heavy atom. The minimum atomic E-state index is -1.35. The van der Waals surface area contributed by atoms with E-state index >= 15 is 0 Å². The predicted octanol–water partition coefficient (Wildman–Crippen LogP) is -0.250. The van der Waals surface area contributed by atoms with E-state index in [1.807, 2.05) is 12.1 Å². The summed E-state index contributed by atoms with van der Waals surface area (Å²) in [5.41, 5.74) is 4.86. The summed E-state index contributed by atoms with van der Waals surface area (Å²) in [5, 5.41) is 11.5. The third-order valence-electron chi connectivity index (χ3n) is 2.25. The van der Waals surface area contributed by atoms with Gasteiger partial charge in [-0.1, -0.05) is 0 Å². The first-order valence-electron chi connectivity index (χ1n) is 5.54. The highest BCUT2D eigenvalue weighted by molar-refractivity contribution is 8.00. The van der Waals surface area contributed by atoms with E-state index in [-0.39, 0.29) is 18.2 Å². The highest BCUT2D eigenvalue weighted by atomic mass is 32.2. The fourth-order valence-electron chi connectivity index (χ4n) is 1.18. The van der Waals surface area contributed by atoms with Gasteiger partial charge in [0.15, 0.2) is 0 Å². The van der Waals surface area contributed by atoms with Gasteiger partial charge in [-0.15, -0.1) is 11.8 Å². The number of carbonyl (C=O) groups excluding carboxylic acids is 2. The predicted molar refractivity (Wildman–Crippen MR) is 71.9 cm³/mol. The molecule has 0 aliphatic carbocycles. The average Bonchev–Trinajstić information content (AvgIpc) is 2.42. The molecule has 0 radical (unpaired) electrons. The zero-order chi connectivity index (χ0) is 14.3. The Morgan fingerprint density at radius 2 is 2.05 bits per heavy atom. The van der Waals surface area contributed by atoms with Gasteiger partial charge < -0.3 is 20.9 Å². The quantitative estimate of drug-likeness (QED) is 0.599. The van der Waals surface area contributed by atoms with Gasteiger partial charge in [0.25, 0.3) is 0 Å². The summed E-state index contributed by atoms with van der Waals surface area (Å²) in [4.78, 5) is 22.9. The molecule has 0 fully saturated rings. The third kappa shape index (κ3) is 5.62. The summed E-state index contributed by atoms with van der Waals surface area (Å²) in [7, 11) is 1.58. The van der Waals surface area contributed by atoms with Crippen molar-refractivity contribution in [2.75, 3.05) is 19.4 Å². The van der Waals surface area contributed by atoms with Gasteiger partial charge in [0.05, 0.1) is 19.4 Å². The van der Waals surface area contributed by atoms with E-state index in [0.717, 1.165) is 10.6 Å². The SMILES string of the molecule is COc1ccc(SCC(=O)NCC(O)C(N)=O)cc1. The van der Waals surface area contributed by atoms with Crippen molar-refractivity contribution in [3.8, 4) is 5.75 Å². The van der Waals surface area contributed by atoms with Crippen molar-refractivity contribution in [1.82, 2.24) is 5.32 Å². The molecule has 0 bridgehead atoms. The number of primary amides is 1. The fraction of sp³-hybridized carbons (Fsp3) is 0.333. The van der Waals surface area contributed by atoms with Crippen LogP contribution in [0, 0.1) is 0 Å². The summed E-state index contributed by atoms with van der Waals surface area (Å²) < 4.78 is 5.02. The van der Waals surface area contributed by atoms with E-state index in [0.29, 0.717) is 0 Å². The molecule has 19 heavy (non-hydrogen) atoms. The van der Waals surface area contributed by atoms with Gasteiger partial charge in [-0.05, 0) is 24.3 Å². The minimum Gasteiger partial charge on any atom is -0.497 e. The maximum atomic E-state index is 11.4. The number of ether oxygens (including phenoxy) is 1. The molecule has 0 aromatic heterocycles. The summed E-state index contributed by atoms with van der Waals surface area (Å²) in [6.45, 7) is -0.169. The Morgan fingerprint density at radius 3 is 2.58 bits per heavy atom. The molecule has 104 valence electrons. The molecule has 0 aliphatic heterocycles. The van der Waals surface area contributed by atoms with E-state index in [1.165, 1.54) is 11.8 Å². The second-order valence-electron chi connectivity index (χ2n) is 3.69. The lowest BCUT2D eigenvalue weighted by atomic mass is 10.3. The molecule has 1 aromatic carbocycles. The highest BCUT2D eigenvalue weighted by Gasteiger charge is 2.12. The largest absolute Gasteiger partial charge is 0.497 e. The Labute approximate surface area is 115 Å². The molecule has 1 aromatic rings. The van der Waals surface area contributed by atoms with Gasteiger partial charge in [0, 0.05) is 4.90 Å². The van der Waals surface area contributed by atoms with Gasteiger partial charge in [-0.25, -0.2) is 0 Å². The molecule has 0 saturated heterocycles. The number of hydrogen-bond donors (Lipinski definition) is 3. The van der Waals surface area contributed by atoms with E-state index in [9.17, 15) is 9.59 Å². The van der Waals surface area contributed by atoms with Crippen LogP contribution in [0.4, 0.5) is 0 Å². The number of rotatable bonds is 7. The van der Waals surface area contributed by atoms with Gasteiger partial charge in [0.1, 0.15) is 11.9 Å². The summed E-state index contributed by atoms with van der Waals surface area (Å²) in [6.07, 6.45) is -1.35. The molecule has 1 rings (SSSR count). The van der Waals surface area contributed by atoms with E-state index in [2.05, 4.69) is 5.32 Å². The summed E-state index contributed by atoms with van der Waals surface area (Å²) >= 11 is 1.34. The zero-order valence-electron chi connectivity index (χ0n) is 10.5. The Hall–Kier alpha value is -1.73. The number of thioether (sulfide) groups is 1. The number of amides is 2. The van der Waals surface area contributed by atoms with Gasteiger partial charge in [0.2, 0.25) is 11.8 Å². The minimum absolute atomic E-state index is 0.169. The second-order valence-corrected chi connectivity index (χ2v) is 4.74. The molecule has 6 nitrogen and oxygen atoms in total. The topological polar surface area (TPSA) is 102 Å². The molecular formula is C12H16N2O4S. The maximum Gasteiger partial charge on any atom is 0.248 e. The van der Waals surface area contributed by atoms with Crippen LogP contribution in [-0.4, -0.2) is 42.4 Å². The van der Waals surface area contributed by atoms with Crippen LogP contribution in [0.3, 0.4) is 0 Å². The van der Waals surface area contributed by atoms with Crippen molar-refractivity contribution in [1.29, 1.82) is 0 Å². The summed E-state index contributed by atoms with van der Waals surface area (Å²) in [5.74, 6) is -0.194. The molecule has 1 atom stereocenters. The van der Waals surface area contributed by atoms with Crippen LogP contribution in [0.15, 0.2) is 29.2 Å². The van der Waals surface area contributed by atoms with Crippen LogP contribution >= 0.6 is 11.8 Å². The normalized spacial score (nSPS) is 11.7. The van der Waals surface area contributed by atoms with Crippen LogP contribution in [0.2, 0.25) is 0 Å². The first-order valence-corrected chi connectivity index (χ1v) is 6.52. The standard InChI is InChI=1S/C12H16N2O4S/c1-18-8-2-4-9(5-3-8)19-7-11(16)14-6-10(15)12(13)17/h2-5,10,15H,6-7H2,1H3,(H2,13,17)(H,14,16). The van der Waals surface area contributed by atoms with Gasteiger partial charge in [-0.2, -0.15) is 0 Å². The zero-order valence-corrected chi connectivity index (χ0v) is 11.3. The van der Waals surface area contributed by atoms with E-state index in [1.54, 1.807) is 19.2 Å². The molecule has 0 heterocycles. The first-order chi connectivity index (χ1) is 9.02. The first kappa shape index (κ1) is 15.3. The number of carbonyl (C=O) groups is 2. The van der Waals surface area contributed by atoms with Crippen molar-refractivity contribution in [3.05, 3.63) is 24.3 Å². The molecule has 0 saturated carbocycles. The molecular weight excluding hydrogens is 268 g/mol.